The fourth-order valence-corrected chi connectivity index (χ4v) is 4.69. The van der Waals surface area contributed by atoms with Crippen LogP contribution in [-0.4, -0.2) is 19.9 Å². The van der Waals surface area contributed by atoms with Crippen molar-refractivity contribution in [2.24, 2.45) is 0 Å². The van der Waals surface area contributed by atoms with E-state index >= 15 is 0 Å². The van der Waals surface area contributed by atoms with Gasteiger partial charge < -0.3 is 11.1 Å². The zero-order valence-electron chi connectivity index (χ0n) is 21.7. The summed E-state index contributed by atoms with van der Waals surface area (Å²) < 4.78 is 27.3. The SMILES string of the molecule is Fc1cc(Br)c2nc(Cl)ncc2c1.N#Cc1ccc(N)cc1.N#Cc1ccc(Nc2ncc3cc(F)cc(Br)c3n2)cc1. The van der Waals surface area contributed by atoms with Crippen LogP contribution < -0.4 is 11.1 Å². The van der Waals surface area contributed by atoms with E-state index in [0.717, 1.165) is 5.69 Å². The van der Waals surface area contributed by atoms with E-state index in [-0.39, 0.29) is 16.9 Å². The molecule has 0 aliphatic carbocycles. The number of halogens is 5. The quantitative estimate of drug-likeness (QED) is 0.134. The van der Waals surface area contributed by atoms with Gasteiger partial charge >= 0.3 is 0 Å². The summed E-state index contributed by atoms with van der Waals surface area (Å²) in [5, 5.41) is 21.5. The zero-order valence-corrected chi connectivity index (χ0v) is 25.7. The van der Waals surface area contributed by atoms with Gasteiger partial charge in [0.1, 0.15) is 11.6 Å². The van der Waals surface area contributed by atoms with Crippen LogP contribution >= 0.6 is 43.5 Å². The van der Waals surface area contributed by atoms with Crippen LogP contribution in [-0.2, 0) is 0 Å². The molecule has 6 aromatic rings. The van der Waals surface area contributed by atoms with Gasteiger partial charge in [0.15, 0.2) is 0 Å². The van der Waals surface area contributed by atoms with Gasteiger partial charge in [-0.05, 0) is 116 Å². The van der Waals surface area contributed by atoms with Crippen LogP contribution in [0.5, 0.6) is 0 Å². The molecule has 0 radical (unpaired) electrons. The molecular formula is C30H17Br2ClF2N8. The molecule has 212 valence electrons. The molecule has 0 amide bonds. The van der Waals surface area contributed by atoms with E-state index in [1.165, 1.54) is 30.5 Å². The fraction of sp³-hybridized carbons (Fsp3) is 0. The van der Waals surface area contributed by atoms with Crippen LogP contribution in [0.1, 0.15) is 11.1 Å². The van der Waals surface area contributed by atoms with Gasteiger partial charge in [-0.2, -0.15) is 10.5 Å². The Morgan fingerprint density at radius 1 is 0.721 bits per heavy atom. The highest BCUT2D eigenvalue weighted by molar-refractivity contribution is 9.11. The molecule has 2 aromatic heterocycles. The van der Waals surface area contributed by atoms with Crippen LogP contribution in [0, 0.1) is 34.3 Å². The normalized spacial score (nSPS) is 10.0. The topological polar surface area (TPSA) is 137 Å². The average molecular weight is 723 g/mol. The number of aromatic nitrogens is 4. The molecule has 0 aliphatic rings. The fourth-order valence-electron chi connectivity index (χ4n) is 3.49. The average Bonchev–Trinajstić information content (AvgIpc) is 2.99. The van der Waals surface area contributed by atoms with E-state index in [9.17, 15) is 8.78 Å². The van der Waals surface area contributed by atoms with Crippen LogP contribution in [0.15, 0.2) is 94.1 Å². The van der Waals surface area contributed by atoms with E-state index in [0.29, 0.717) is 53.5 Å². The Bertz CT molecular complexity index is 1990. The van der Waals surface area contributed by atoms with Gasteiger partial charge in [-0.25, -0.2) is 28.7 Å². The molecule has 8 nitrogen and oxygen atoms in total. The lowest BCUT2D eigenvalue weighted by atomic mass is 10.2. The number of rotatable bonds is 2. The number of hydrogen-bond donors (Lipinski definition) is 2. The summed E-state index contributed by atoms with van der Waals surface area (Å²) >= 11 is 12.1. The van der Waals surface area contributed by atoms with Gasteiger partial charge in [-0.3, -0.25) is 0 Å². The largest absolute Gasteiger partial charge is 0.399 e. The van der Waals surface area contributed by atoms with Gasteiger partial charge in [-0.15, -0.1) is 0 Å². The molecule has 0 saturated carbocycles. The number of nitrogens with one attached hydrogen (secondary N) is 1. The molecular weight excluding hydrogens is 706 g/mol. The predicted octanol–water partition coefficient (Wildman–Crippen LogP) is 8.47. The van der Waals surface area contributed by atoms with Crippen molar-refractivity contribution in [3.05, 3.63) is 122 Å². The minimum atomic E-state index is -0.342. The number of nitriles is 2. The summed E-state index contributed by atoms with van der Waals surface area (Å²) in [6, 6.07) is 23.2. The number of nitrogens with two attached hydrogens (primary N) is 1. The van der Waals surface area contributed by atoms with Crippen molar-refractivity contribution in [2.75, 3.05) is 11.1 Å². The van der Waals surface area contributed by atoms with Crippen molar-refractivity contribution < 1.29 is 8.78 Å². The number of benzene rings is 4. The number of nitrogens with zero attached hydrogens (tertiary/aromatic N) is 6. The minimum Gasteiger partial charge on any atom is -0.399 e. The van der Waals surface area contributed by atoms with E-state index < -0.39 is 0 Å². The van der Waals surface area contributed by atoms with Crippen LogP contribution in [0.3, 0.4) is 0 Å². The highest BCUT2D eigenvalue weighted by Gasteiger charge is 2.07. The number of hydrogen-bond acceptors (Lipinski definition) is 8. The molecule has 0 saturated heterocycles. The standard InChI is InChI=1S/C15H8BrFN4.C8H3BrClFN2.C7H6N2/c16-13-6-11(17)5-10-8-19-15(21-14(10)13)20-12-3-1-9(7-18)2-4-12;9-6-2-5(11)1-4-3-12-8(10)13-7(4)6;8-5-6-1-3-7(9)4-2-6/h1-6,8H,(H,19,20,21);1-3H;1-4H,9H2. The van der Waals surface area contributed by atoms with Crippen molar-refractivity contribution >= 4 is 82.6 Å². The van der Waals surface area contributed by atoms with Gasteiger partial charge in [-0.1, -0.05) is 0 Å². The summed E-state index contributed by atoms with van der Waals surface area (Å²) in [6.45, 7) is 0. The molecule has 2 heterocycles. The molecule has 6 rings (SSSR count). The molecule has 0 spiro atoms. The Kier molecular flexibility index (Phi) is 10.5. The van der Waals surface area contributed by atoms with Crippen molar-refractivity contribution in [3.63, 3.8) is 0 Å². The Labute approximate surface area is 266 Å². The first-order valence-electron chi connectivity index (χ1n) is 12.1. The molecule has 13 heteroatoms. The van der Waals surface area contributed by atoms with Gasteiger partial charge in [0, 0.05) is 43.5 Å². The summed E-state index contributed by atoms with van der Waals surface area (Å²) in [7, 11) is 0. The molecule has 0 fully saturated rings. The Balaban J connectivity index is 0.000000163. The Morgan fingerprint density at radius 2 is 1.21 bits per heavy atom. The molecule has 0 atom stereocenters. The van der Waals surface area contributed by atoms with Crippen molar-refractivity contribution in [1.82, 2.24) is 19.9 Å². The summed E-state index contributed by atoms with van der Waals surface area (Å²) in [4.78, 5) is 16.2. The smallest absolute Gasteiger partial charge is 0.227 e. The van der Waals surface area contributed by atoms with Crippen molar-refractivity contribution in [1.29, 1.82) is 10.5 Å². The van der Waals surface area contributed by atoms with Crippen molar-refractivity contribution in [2.45, 2.75) is 0 Å². The first-order valence-corrected chi connectivity index (χ1v) is 14.0. The van der Waals surface area contributed by atoms with Crippen LogP contribution in [0.2, 0.25) is 5.28 Å². The third-order valence-electron chi connectivity index (χ3n) is 5.48. The summed E-state index contributed by atoms with van der Waals surface area (Å²) in [6.07, 6.45) is 3.04. The molecule has 0 unspecified atom stereocenters. The van der Waals surface area contributed by atoms with Gasteiger partial charge in [0.25, 0.3) is 0 Å². The van der Waals surface area contributed by atoms with E-state index in [1.807, 2.05) is 6.07 Å². The van der Waals surface area contributed by atoms with E-state index in [1.54, 1.807) is 54.7 Å². The summed E-state index contributed by atoms with van der Waals surface area (Å²) in [5.41, 5.74) is 9.30. The van der Waals surface area contributed by atoms with Crippen molar-refractivity contribution in [3.8, 4) is 12.1 Å². The molecule has 0 aliphatic heterocycles. The number of anilines is 3. The predicted molar refractivity (Wildman–Crippen MR) is 169 cm³/mol. The van der Waals surface area contributed by atoms with Gasteiger partial charge in [0.2, 0.25) is 11.2 Å². The van der Waals surface area contributed by atoms with Crippen LogP contribution in [0.4, 0.5) is 26.1 Å². The lowest BCUT2D eigenvalue weighted by molar-refractivity contribution is 0.628. The van der Waals surface area contributed by atoms with E-state index in [2.05, 4.69) is 63.2 Å². The number of nitrogen functional groups attached to an aromatic ring is 1. The highest BCUT2D eigenvalue weighted by Crippen LogP contribution is 2.25. The monoisotopic (exact) mass is 720 g/mol. The Morgan fingerprint density at radius 3 is 1.74 bits per heavy atom. The maximum Gasteiger partial charge on any atom is 0.227 e. The number of fused-ring (bicyclic) bond motifs is 2. The third kappa shape index (κ3) is 8.63. The maximum absolute atomic E-state index is 13.3. The summed E-state index contributed by atoms with van der Waals surface area (Å²) in [5.74, 6) is -0.268. The lowest BCUT2D eigenvalue weighted by Crippen LogP contribution is -1.97. The van der Waals surface area contributed by atoms with Gasteiger partial charge in [0.05, 0.1) is 34.3 Å². The van der Waals surface area contributed by atoms with Crippen LogP contribution in [0.25, 0.3) is 21.8 Å². The van der Waals surface area contributed by atoms with E-state index in [4.69, 9.17) is 27.9 Å². The molecule has 3 N–H and O–H groups in total. The lowest BCUT2D eigenvalue weighted by Gasteiger charge is -2.06. The highest BCUT2D eigenvalue weighted by atomic mass is 79.9. The third-order valence-corrected chi connectivity index (χ3v) is 6.87. The molecule has 43 heavy (non-hydrogen) atoms. The second-order valence-electron chi connectivity index (χ2n) is 8.53. The first kappa shape index (κ1) is 31.2. The maximum atomic E-state index is 13.3. The first-order chi connectivity index (χ1) is 20.6. The molecule has 0 bridgehead atoms. The second kappa shape index (κ2) is 14.4. The minimum absolute atomic E-state index is 0.153. The zero-order chi connectivity index (χ0) is 30.9. The second-order valence-corrected chi connectivity index (χ2v) is 10.6. The molecule has 4 aromatic carbocycles. The Hall–Kier alpha value is -4.75.